The Kier molecular flexibility index (Phi) is 5.70. The molecule has 0 N–H and O–H groups in total. The van der Waals surface area contributed by atoms with Gasteiger partial charge in [0.15, 0.2) is 0 Å². The Morgan fingerprint density at radius 3 is 2.78 bits per heavy atom. The summed E-state index contributed by atoms with van der Waals surface area (Å²) >= 11 is 11.7. The number of hydrogen-bond donors (Lipinski definition) is 0. The number of amides is 1. The number of halogens is 2. The summed E-state index contributed by atoms with van der Waals surface area (Å²) < 4.78 is 0. The number of benzene rings is 1. The van der Waals surface area contributed by atoms with Crippen molar-refractivity contribution < 1.29 is 4.79 Å². The smallest absolute Gasteiger partial charge is 0.246 e. The SMILES string of the molecule is CN(CCC#N)C(=O)C=Cc1ccc(Cl)c(Cl)c1. The van der Waals surface area contributed by atoms with Gasteiger partial charge in [-0.3, -0.25) is 4.79 Å². The molecule has 0 aliphatic heterocycles. The molecule has 1 amide bonds. The lowest BCUT2D eigenvalue weighted by molar-refractivity contribution is -0.124. The first-order valence-electron chi connectivity index (χ1n) is 5.30. The highest BCUT2D eigenvalue weighted by atomic mass is 35.5. The number of rotatable bonds is 4. The van der Waals surface area contributed by atoms with Crippen molar-refractivity contribution in [2.24, 2.45) is 0 Å². The van der Waals surface area contributed by atoms with Crippen molar-refractivity contribution in [1.82, 2.24) is 4.90 Å². The van der Waals surface area contributed by atoms with E-state index in [1.807, 2.05) is 6.07 Å². The van der Waals surface area contributed by atoms with Crippen LogP contribution in [0.15, 0.2) is 24.3 Å². The van der Waals surface area contributed by atoms with Crippen LogP contribution in [-0.2, 0) is 4.79 Å². The Morgan fingerprint density at radius 1 is 1.44 bits per heavy atom. The van der Waals surface area contributed by atoms with Crippen LogP contribution in [0.4, 0.5) is 0 Å². The molecule has 0 bridgehead atoms. The largest absolute Gasteiger partial charge is 0.341 e. The molecule has 0 heterocycles. The number of nitrogens with zero attached hydrogens (tertiary/aromatic N) is 2. The van der Waals surface area contributed by atoms with Gasteiger partial charge in [-0.15, -0.1) is 0 Å². The standard InChI is InChI=1S/C13H12Cl2N2O/c1-17(8-2-7-16)13(18)6-4-10-3-5-11(14)12(15)9-10/h3-6,9H,2,8H2,1H3. The molecule has 3 nitrogen and oxygen atoms in total. The lowest BCUT2D eigenvalue weighted by atomic mass is 10.2. The molecule has 1 aromatic carbocycles. The highest BCUT2D eigenvalue weighted by Crippen LogP contribution is 2.23. The maximum absolute atomic E-state index is 11.6. The highest BCUT2D eigenvalue weighted by Gasteiger charge is 2.03. The lowest BCUT2D eigenvalue weighted by Gasteiger charge is -2.12. The average molecular weight is 283 g/mol. The predicted molar refractivity (Wildman–Crippen MR) is 73.4 cm³/mol. The normalized spacial score (nSPS) is 10.3. The first kappa shape index (κ1) is 14.6. The predicted octanol–water partition coefficient (Wildman–Crippen LogP) is 3.38. The fourth-order valence-corrected chi connectivity index (χ4v) is 1.55. The van der Waals surface area contributed by atoms with Crippen LogP contribution >= 0.6 is 23.2 Å². The van der Waals surface area contributed by atoms with Crippen molar-refractivity contribution >= 4 is 35.2 Å². The quantitative estimate of drug-likeness (QED) is 0.795. The van der Waals surface area contributed by atoms with Crippen LogP contribution in [0.5, 0.6) is 0 Å². The Morgan fingerprint density at radius 2 is 2.17 bits per heavy atom. The van der Waals surface area contributed by atoms with E-state index in [4.69, 9.17) is 28.5 Å². The fourth-order valence-electron chi connectivity index (χ4n) is 1.24. The molecule has 0 radical (unpaired) electrons. The second-order valence-corrected chi connectivity index (χ2v) is 4.49. The number of hydrogen-bond acceptors (Lipinski definition) is 2. The minimum Gasteiger partial charge on any atom is -0.341 e. The third kappa shape index (κ3) is 4.40. The lowest BCUT2D eigenvalue weighted by Crippen LogP contribution is -2.25. The Balaban J connectivity index is 2.66. The highest BCUT2D eigenvalue weighted by molar-refractivity contribution is 6.42. The van der Waals surface area contributed by atoms with Crippen molar-refractivity contribution in [1.29, 1.82) is 5.26 Å². The third-order valence-corrected chi connectivity index (χ3v) is 3.04. The molecule has 0 atom stereocenters. The number of likely N-dealkylation sites (N-methyl/N-ethyl adjacent to an activating group) is 1. The topological polar surface area (TPSA) is 44.1 Å². The van der Waals surface area contributed by atoms with E-state index >= 15 is 0 Å². The molecule has 94 valence electrons. The van der Waals surface area contributed by atoms with Crippen molar-refractivity contribution in [2.45, 2.75) is 6.42 Å². The van der Waals surface area contributed by atoms with Gasteiger partial charge < -0.3 is 4.90 Å². The van der Waals surface area contributed by atoms with Gasteiger partial charge in [0.05, 0.1) is 22.5 Å². The number of carbonyl (C=O) groups excluding carboxylic acids is 1. The molecule has 0 fully saturated rings. The Bertz CT molecular complexity index is 506. The zero-order valence-electron chi connectivity index (χ0n) is 9.86. The van der Waals surface area contributed by atoms with E-state index in [-0.39, 0.29) is 5.91 Å². The second-order valence-electron chi connectivity index (χ2n) is 3.67. The molecule has 0 saturated carbocycles. The number of nitriles is 1. The van der Waals surface area contributed by atoms with Gasteiger partial charge in [0.2, 0.25) is 5.91 Å². The van der Waals surface area contributed by atoms with E-state index in [9.17, 15) is 4.79 Å². The molecule has 0 aliphatic rings. The molecule has 0 spiro atoms. The minimum atomic E-state index is -0.156. The summed E-state index contributed by atoms with van der Waals surface area (Å²) in [7, 11) is 1.65. The van der Waals surface area contributed by atoms with Crippen LogP contribution in [0.1, 0.15) is 12.0 Å². The molecule has 0 aromatic heterocycles. The van der Waals surface area contributed by atoms with Gasteiger partial charge >= 0.3 is 0 Å². The molecular weight excluding hydrogens is 271 g/mol. The molecular formula is C13H12Cl2N2O. The molecule has 1 rings (SSSR count). The van der Waals surface area contributed by atoms with Gasteiger partial charge in [-0.2, -0.15) is 5.26 Å². The van der Waals surface area contributed by atoms with Crippen LogP contribution in [0.25, 0.3) is 6.08 Å². The molecule has 0 unspecified atom stereocenters. The molecule has 0 aliphatic carbocycles. The van der Waals surface area contributed by atoms with Gasteiger partial charge in [0.25, 0.3) is 0 Å². The minimum absolute atomic E-state index is 0.156. The summed E-state index contributed by atoms with van der Waals surface area (Å²) in [6.07, 6.45) is 3.42. The van der Waals surface area contributed by atoms with Crippen molar-refractivity contribution in [3.8, 4) is 6.07 Å². The summed E-state index contributed by atoms with van der Waals surface area (Å²) in [5.41, 5.74) is 0.798. The van der Waals surface area contributed by atoms with Gasteiger partial charge in [-0.25, -0.2) is 0 Å². The molecule has 5 heteroatoms. The van der Waals surface area contributed by atoms with E-state index in [0.717, 1.165) is 5.56 Å². The summed E-state index contributed by atoms with van der Waals surface area (Å²) in [6.45, 7) is 0.418. The number of carbonyl (C=O) groups is 1. The van der Waals surface area contributed by atoms with E-state index in [1.54, 1.807) is 31.3 Å². The van der Waals surface area contributed by atoms with Gasteiger partial charge in [-0.1, -0.05) is 29.3 Å². The first-order chi connectivity index (χ1) is 8.54. The van der Waals surface area contributed by atoms with Crippen molar-refractivity contribution in [3.05, 3.63) is 39.9 Å². The Labute approximate surface area is 116 Å². The van der Waals surface area contributed by atoms with Crippen LogP contribution in [0.2, 0.25) is 10.0 Å². The van der Waals surface area contributed by atoms with Crippen molar-refractivity contribution in [3.63, 3.8) is 0 Å². The fraction of sp³-hybridized carbons (Fsp3) is 0.231. The molecule has 18 heavy (non-hydrogen) atoms. The zero-order chi connectivity index (χ0) is 13.5. The van der Waals surface area contributed by atoms with E-state index < -0.39 is 0 Å². The maximum atomic E-state index is 11.6. The first-order valence-corrected chi connectivity index (χ1v) is 6.05. The van der Waals surface area contributed by atoms with Crippen LogP contribution in [-0.4, -0.2) is 24.4 Å². The van der Waals surface area contributed by atoms with E-state index in [2.05, 4.69) is 0 Å². The van der Waals surface area contributed by atoms with E-state index in [0.29, 0.717) is 23.0 Å². The average Bonchev–Trinajstić information content (AvgIpc) is 2.36. The second kappa shape index (κ2) is 7.05. The summed E-state index contributed by atoms with van der Waals surface area (Å²) in [4.78, 5) is 13.1. The summed E-state index contributed by atoms with van der Waals surface area (Å²) in [6, 6.07) is 7.12. The summed E-state index contributed by atoms with van der Waals surface area (Å²) in [5.74, 6) is -0.156. The summed E-state index contributed by atoms with van der Waals surface area (Å²) in [5, 5.41) is 9.35. The van der Waals surface area contributed by atoms with Gasteiger partial charge in [0.1, 0.15) is 0 Å². The molecule has 0 saturated heterocycles. The van der Waals surface area contributed by atoms with Gasteiger partial charge in [0, 0.05) is 19.7 Å². The van der Waals surface area contributed by atoms with Crippen LogP contribution < -0.4 is 0 Å². The van der Waals surface area contributed by atoms with Crippen LogP contribution in [0.3, 0.4) is 0 Å². The Hall–Kier alpha value is -1.50. The zero-order valence-corrected chi connectivity index (χ0v) is 11.4. The monoisotopic (exact) mass is 282 g/mol. The molecule has 1 aromatic rings. The maximum Gasteiger partial charge on any atom is 0.246 e. The van der Waals surface area contributed by atoms with Gasteiger partial charge in [-0.05, 0) is 23.8 Å². The van der Waals surface area contributed by atoms with Crippen molar-refractivity contribution in [2.75, 3.05) is 13.6 Å². The van der Waals surface area contributed by atoms with Crippen LogP contribution in [0, 0.1) is 11.3 Å². The third-order valence-electron chi connectivity index (χ3n) is 2.30. The van der Waals surface area contributed by atoms with E-state index in [1.165, 1.54) is 11.0 Å².